The Kier molecular flexibility index (Phi) is 4.99. The Bertz CT molecular complexity index is 818. The molecular formula is C21H25N3O3. The quantitative estimate of drug-likeness (QED) is 0.836. The maximum Gasteiger partial charge on any atom is 0.289 e. The SMILES string of the molecule is C[C@@H]1Cc2ccccc2N1C(=O)CN1CCCN(C(=O)c2ccco2)CC1. The Morgan fingerprint density at radius 1 is 1.07 bits per heavy atom. The molecule has 6 nitrogen and oxygen atoms in total. The first-order valence-electron chi connectivity index (χ1n) is 9.58. The van der Waals surface area contributed by atoms with Crippen molar-refractivity contribution in [2.75, 3.05) is 37.6 Å². The molecule has 0 saturated carbocycles. The van der Waals surface area contributed by atoms with Gasteiger partial charge in [-0.25, -0.2) is 0 Å². The number of amides is 2. The van der Waals surface area contributed by atoms with Crippen molar-refractivity contribution in [3.8, 4) is 0 Å². The third-order valence-electron chi connectivity index (χ3n) is 5.44. The van der Waals surface area contributed by atoms with E-state index >= 15 is 0 Å². The highest BCUT2D eigenvalue weighted by Crippen LogP contribution is 2.31. The highest BCUT2D eigenvalue weighted by atomic mass is 16.3. The van der Waals surface area contributed by atoms with Crippen LogP contribution in [-0.4, -0.2) is 60.4 Å². The maximum atomic E-state index is 13.0. The van der Waals surface area contributed by atoms with Gasteiger partial charge in [0.15, 0.2) is 5.76 Å². The van der Waals surface area contributed by atoms with Gasteiger partial charge in [0.2, 0.25) is 5.91 Å². The molecule has 1 aromatic heterocycles. The zero-order valence-corrected chi connectivity index (χ0v) is 15.6. The molecule has 1 aromatic carbocycles. The molecule has 2 amide bonds. The molecule has 1 atom stereocenters. The van der Waals surface area contributed by atoms with Crippen LogP contribution in [0.3, 0.4) is 0 Å². The third-order valence-corrected chi connectivity index (χ3v) is 5.44. The maximum absolute atomic E-state index is 13.0. The number of carbonyl (C=O) groups excluding carboxylic acids is 2. The molecule has 0 unspecified atom stereocenters. The molecule has 0 aliphatic carbocycles. The lowest BCUT2D eigenvalue weighted by Crippen LogP contribution is -2.44. The highest BCUT2D eigenvalue weighted by Gasteiger charge is 2.32. The zero-order chi connectivity index (χ0) is 18.8. The Balaban J connectivity index is 1.38. The van der Waals surface area contributed by atoms with Crippen molar-refractivity contribution in [2.45, 2.75) is 25.8 Å². The fraction of sp³-hybridized carbons (Fsp3) is 0.429. The largest absolute Gasteiger partial charge is 0.459 e. The average Bonchev–Trinajstić information content (AvgIpc) is 3.24. The van der Waals surface area contributed by atoms with Gasteiger partial charge in [0.25, 0.3) is 5.91 Å². The highest BCUT2D eigenvalue weighted by molar-refractivity contribution is 5.97. The molecule has 0 bridgehead atoms. The second kappa shape index (κ2) is 7.56. The second-order valence-corrected chi connectivity index (χ2v) is 7.34. The summed E-state index contributed by atoms with van der Waals surface area (Å²) >= 11 is 0. The number of anilines is 1. The lowest BCUT2D eigenvalue weighted by atomic mass is 10.1. The normalized spacial score (nSPS) is 20.4. The molecular weight excluding hydrogens is 342 g/mol. The van der Waals surface area contributed by atoms with E-state index in [0.29, 0.717) is 31.9 Å². The Morgan fingerprint density at radius 3 is 2.74 bits per heavy atom. The standard InChI is InChI=1S/C21H25N3O3/c1-16-14-17-6-2-3-7-18(17)24(16)20(25)15-22-9-5-10-23(12-11-22)21(26)19-8-4-13-27-19/h2-4,6-8,13,16H,5,9-12,14-15H2,1H3/t16-/m1/s1. The number of nitrogens with zero attached hydrogens (tertiary/aromatic N) is 3. The molecule has 2 aliphatic rings. The number of para-hydroxylation sites is 1. The lowest BCUT2D eigenvalue weighted by molar-refractivity contribution is -0.120. The summed E-state index contributed by atoms with van der Waals surface area (Å²) in [6, 6.07) is 11.8. The van der Waals surface area contributed by atoms with E-state index in [-0.39, 0.29) is 17.9 Å². The monoisotopic (exact) mass is 367 g/mol. The molecule has 142 valence electrons. The second-order valence-electron chi connectivity index (χ2n) is 7.34. The van der Waals surface area contributed by atoms with Gasteiger partial charge in [0, 0.05) is 37.9 Å². The van der Waals surface area contributed by atoms with Crippen LogP contribution in [0.2, 0.25) is 0 Å². The van der Waals surface area contributed by atoms with Crippen LogP contribution in [0, 0.1) is 0 Å². The van der Waals surface area contributed by atoms with E-state index in [9.17, 15) is 9.59 Å². The fourth-order valence-electron chi connectivity index (χ4n) is 4.10. The van der Waals surface area contributed by atoms with Gasteiger partial charge in [-0.05, 0) is 43.5 Å². The fourth-order valence-corrected chi connectivity index (χ4v) is 4.10. The van der Waals surface area contributed by atoms with Gasteiger partial charge in [0.05, 0.1) is 12.8 Å². The van der Waals surface area contributed by atoms with E-state index in [2.05, 4.69) is 17.9 Å². The van der Waals surface area contributed by atoms with Gasteiger partial charge < -0.3 is 14.2 Å². The van der Waals surface area contributed by atoms with Crippen LogP contribution in [0.1, 0.15) is 29.5 Å². The van der Waals surface area contributed by atoms with Crippen LogP contribution in [-0.2, 0) is 11.2 Å². The van der Waals surface area contributed by atoms with Gasteiger partial charge in [-0.1, -0.05) is 18.2 Å². The summed E-state index contributed by atoms with van der Waals surface area (Å²) in [6.07, 6.45) is 3.28. The van der Waals surface area contributed by atoms with Gasteiger partial charge in [-0.15, -0.1) is 0 Å². The molecule has 2 aliphatic heterocycles. The van der Waals surface area contributed by atoms with Crippen molar-refractivity contribution >= 4 is 17.5 Å². The van der Waals surface area contributed by atoms with Crippen LogP contribution < -0.4 is 4.90 Å². The molecule has 0 N–H and O–H groups in total. The van der Waals surface area contributed by atoms with Gasteiger partial charge in [-0.3, -0.25) is 14.5 Å². The summed E-state index contributed by atoms with van der Waals surface area (Å²) in [5.41, 5.74) is 2.28. The summed E-state index contributed by atoms with van der Waals surface area (Å²) in [5, 5.41) is 0. The Labute approximate surface area is 159 Å². The molecule has 4 rings (SSSR count). The molecule has 3 heterocycles. The number of hydrogen-bond acceptors (Lipinski definition) is 4. The summed E-state index contributed by atoms with van der Waals surface area (Å²) in [6.45, 7) is 5.30. The van der Waals surface area contributed by atoms with Crippen LogP contribution >= 0.6 is 0 Å². The summed E-state index contributed by atoms with van der Waals surface area (Å²) < 4.78 is 5.23. The molecule has 1 saturated heterocycles. The van der Waals surface area contributed by atoms with E-state index in [4.69, 9.17) is 4.42 Å². The summed E-state index contributed by atoms with van der Waals surface area (Å²) in [7, 11) is 0. The Hall–Kier alpha value is -2.60. The summed E-state index contributed by atoms with van der Waals surface area (Å²) in [5.74, 6) is 0.440. The molecule has 27 heavy (non-hydrogen) atoms. The first-order chi connectivity index (χ1) is 13.1. The van der Waals surface area contributed by atoms with Crippen LogP contribution in [0.25, 0.3) is 0 Å². The Morgan fingerprint density at radius 2 is 1.93 bits per heavy atom. The number of benzene rings is 1. The molecule has 6 heteroatoms. The van der Waals surface area contributed by atoms with Crippen molar-refractivity contribution < 1.29 is 14.0 Å². The van der Waals surface area contributed by atoms with Gasteiger partial charge in [0.1, 0.15) is 0 Å². The van der Waals surface area contributed by atoms with Gasteiger partial charge >= 0.3 is 0 Å². The lowest BCUT2D eigenvalue weighted by Gasteiger charge is -2.27. The zero-order valence-electron chi connectivity index (χ0n) is 15.6. The third kappa shape index (κ3) is 3.62. The van der Waals surface area contributed by atoms with E-state index in [0.717, 1.165) is 25.1 Å². The predicted octanol–water partition coefficient (Wildman–Crippen LogP) is 2.41. The van der Waals surface area contributed by atoms with E-state index in [1.807, 2.05) is 28.0 Å². The first kappa shape index (κ1) is 17.8. The molecule has 2 aromatic rings. The van der Waals surface area contributed by atoms with Crippen molar-refractivity contribution in [1.29, 1.82) is 0 Å². The van der Waals surface area contributed by atoms with Crippen molar-refractivity contribution in [2.24, 2.45) is 0 Å². The molecule has 0 spiro atoms. The minimum Gasteiger partial charge on any atom is -0.459 e. The molecule has 1 fully saturated rings. The summed E-state index contributed by atoms with van der Waals surface area (Å²) in [4.78, 5) is 31.4. The van der Waals surface area contributed by atoms with Crippen LogP contribution in [0.4, 0.5) is 5.69 Å². The topological polar surface area (TPSA) is 57.0 Å². The number of furan rings is 1. The minimum atomic E-state index is -0.0738. The number of fused-ring (bicyclic) bond motifs is 1. The van der Waals surface area contributed by atoms with Crippen molar-refractivity contribution in [3.05, 3.63) is 54.0 Å². The average molecular weight is 367 g/mol. The van der Waals surface area contributed by atoms with Crippen LogP contribution in [0.15, 0.2) is 47.1 Å². The number of rotatable bonds is 3. The predicted molar refractivity (Wildman–Crippen MR) is 103 cm³/mol. The van der Waals surface area contributed by atoms with Gasteiger partial charge in [-0.2, -0.15) is 0 Å². The van der Waals surface area contributed by atoms with E-state index in [1.165, 1.54) is 11.8 Å². The minimum absolute atomic E-state index is 0.0738. The van der Waals surface area contributed by atoms with Crippen LogP contribution in [0.5, 0.6) is 0 Å². The molecule has 0 radical (unpaired) electrons. The van der Waals surface area contributed by atoms with Crippen molar-refractivity contribution in [3.63, 3.8) is 0 Å². The first-order valence-corrected chi connectivity index (χ1v) is 9.58. The smallest absolute Gasteiger partial charge is 0.289 e. The number of carbonyl (C=O) groups is 2. The van der Waals surface area contributed by atoms with E-state index < -0.39 is 0 Å². The van der Waals surface area contributed by atoms with Crippen molar-refractivity contribution in [1.82, 2.24) is 9.80 Å². The number of hydrogen-bond donors (Lipinski definition) is 0. The van der Waals surface area contributed by atoms with E-state index in [1.54, 1.807) is 12.1 Å².